The Kier molecular flexibility index (Phi) is 3.80. The molecule has 0 amide bonds. The fraction of sp³-hybridized carbons (Fsp3) is 0.462. The Morgan fingerprint density at radius 1 is 1.37 bits per heavy atom. The standard InChI is InChI=1S/C13H19N5O/c1-4-19-13(2,3)9-18-12(15-16-17-18)10-6-5-7-11(14)8-10/h5-8H,4,9,14H2,1-3H3. The highest BCUT2D eigenvalue weighted by Gasteiger charge is 2.21. The minimum atomic E-state index is -0.320. The second-order valence-corrected chi connectivity index (χ2v) is 4.98. The maximum absolute atomic E-state index is 5.79. The van der Waals surface area contributed by atoms with Crippen LogP contribution in [0.15, 0.2) is 24.3 Å². The van der Waals surface area contributed by atoms with E-state index in [9.17, 15) is 0 Å². The summed E-state index contributed by atoms with van der Waals surface area (Å²) in [5.74, 6) is 0.695. The van der Waals surface area contributed by atoms with Crippen LogP contribution in [0, 0.1) is 0 Å². The average Bonchev–Trinajstić information content (AvgIpc) is 2.76. The van der Waals surface area contributed by atoms with E-state index in [2.05, 4.69) is 15.5 Å². The van der Waals surface area contributed by atoms with Crippen molar-refractivity contribution in [2.24, 2.45) is 0 Å². The molecule has 0 atom stereocenters. The van der Waals surface area contributed by atoms with Crippen LogP contribution < -0.4 is 5.73 Å². The van der Waals surface area contributed by atoms with Crippen LogP contribution in [0.3, 0.4) is 0 Å². The van der Waals surface area contributed by atoms with Gasteiger partial charge in [0, 0.05) is 17.9 Å². The largest absolute Gasteiger partial charge is 0.399 e. The molecule has 102 valence electrons. The second-order valence-electron chi connectivity index (χ2n) is 4.98. The van der Waals surface area contributed by atoms with E-state index in [1.807, 2.05) is 45.0 Å². The molecule has 0 saturated carbocycles. The molecule has 6 nitrogen and oxygen atoms in total. The molecule has 2 N–H and O–H groups in total. The van der Waals surface area contributed by atoms with Gasteiger partial charge in [0.15, 0.2) is 5.82 Å². The van der Waals surface area contributed by atoms with Gasteiger partial charge in [-0.3, -0.25) is 0 Å². The minimum Gasteiger partial charge on any atom is -0.399 e. The van der Waals surface area contributed by atoms with Crippen molar-refractivity contribution >= 4 is 5.69 Å². The molecule has 0 aliphatic carbocycles. The lowest BCUT2D eigenvalue weighted by molar-refractivity contribution is -0.0246. The Morgan fingerprint density at radius 2 is 2.16 bits per heavy atom. The molecular weight excluding hydrogens is 242 g/mol. The summed E-state index contributed by atoms with van der Waals surface area (Å²) in [4.78, 5) is 0. The lowest BCUT2D eigenvalue weighted by Crippen LogP contribution is -2.31. The quantitative estimate of drug-likeness (QED) is 0.829. The van der Waals surface area contributed by atoms with Crippen LogP contribution in [0.2, 0.25) is 0 Å². The summed E-state index contributed by atoms with van der Waals surface area (Å²) in [5, 5.41) is 11.8. The van der Waals surface area contributed by atoms with Crippen molar-refractivity contribution in [3.05, 3.63) is 24.3 Å². The monoisotopic (exact) mass is 261 g/mol. The third kappa shape index (κ3) is 3.29. The molecule has 0 aliphatic heterocycles. The molecule has 1 heterocycles. The van der Waals surface area contributed by atoms with Gasteiger partial charge in [-0.1, -0.05) is 12.1 Å². The van der Waals surface area contributed by atoms with Gasteiger partial charge in [0.1, 0.15) is 0 Å². The number of ether oxygens (including phenoxy) is 1. The van der Waals surface area contributed by atoms with E-state index >= 15 is 0 Å². The number of anilines is 1. The zero-order valence-electron chi connectivity index (χ0n) is 11.5. The van der Waals surface area contributed by atoms with Crippen LogP contribution in [0.1, 0.15) is 20.8 Å². The van der Waals surface area contributed by atoms with Crippen molar-refractivity contribution in [3.8, 4) is 11.4 Å². The van der Waals surface area contributed by atoms with Crippen molar-refractivity contribution in [2.75, 3.05) is 12.3 Å². The van der Waals surface area contributed by atoms with Crippen LogP contribution in [-0.4, -0.2) is 32.4 Å². The van der Waals surface area contributed by atoms with Crippen LogP contribution in [0.25, 0.3) is 11.4 Å². The lowest BCUT2D eigenvalue weighted by Gasteiger charge is -2.24. The van der Waals surface area contributed by atoms with E-state index < -0.39 is 0 Å². The predicted molar refractivity (Wildman–Crippen MR) is 73.4 cm³/mol. The first-order chi connectivity index (χ1) is 9.02. The number of nitrogens with zero attached hydrogens (tertiary/aromatic N) is 4. The first-order valence-corrected chi connectivity index (χ1v) is 6.28. The lowest BCUT2D eigenvalue weighted by atomic mass is 10.1. The molecule has 0 saturated heterocycles. The van der Waals surface area contributed by atoms with Crippen LogP contribution in [-0.2, 0) is 11.3 Å². The van der Waals surface area contributed by atoms with Crippen LogP contribution in [0.5, 0.6) is 0 Å². The van der Waals surface area contributed by atoms with Gasteiger partial charge in [0.05, 0.1) is 12.1 Å². The number of nitrogen functional groups attached to an aromatic ring is 1. The SMILES string of the molecule is CCOC(C)(C)Cn1nnnc1-c1cccc(N)c1. The van der Waals surface area contributed by atoms with Crippen molar-refractivity contribution in [1.29, 1.82) is 0 Å². The average molecular weight is 261 g/mol. The highest BCUT2D eigenvalue weighted by atomic mass is 16.5. The summed E-state index contributed by atoms with van der Waals surface area (Å²) in [5.41, 5.74) is 7.06. The first kappa shape index (κ1) is 13.5. The summed E-state index contributed by atoms with van der Waals surface area (Å²) >= 11 is 0. The summed E-state index contributed by atoms with van der Waals surface area (Å²) in [6.45, 7) is 7.24. The van der Waals surface area contributed by atoms with E-state index in [0.717, 1.165) is 5.56 Å². The van der Waals surface area contributed by atoms with Gasteiger partial charge in [-0.25, -0.2) is 4.68 Å². The van der Waals surface area contributed by atoms with E-state index in [4.69, 9.17) is 10.5 Å². The second kappa shape index (κ2) is 5.36. The van der Waals surface area contributed by atoms with Crippen LogP contribution in [0.4, 0.5) is 5.69 Å². The van der Waals surface area contributed by atoms with Gasteiger partial charge in [-0.05, 0) is 43.3 Å². The Bertz CT molecular complexity index is 549. The molecule has 1 aromatic heterocycles. The maximum atomic E-state index is 5.79. The Labute approximate surface area is 112 Å². The van der Waals surface area contributed by atoms with Crippen molar-refractivity contribution < 1.29 is 4.74 Å². The number of hydrogen-bond acceptors (Lipinski definition) is 5. The molecular formula is C13H19N5O. The number of hydrogen-bond donors (Lipinski definition) is 1. The Morgan fingerprint density at radius 3 is 2.84 bits per heavy atom. The van der Waals surface area contributed by atoms with Gasteiger partial charge >= 0.3 is 0 Å². The van der Waals surface area contributed by atoms with Crippen molar-refractivity contribution in [2.45, 2.75) is 32.9 Å². The predicted octanol–water partition coefficient (Wildman–Crippen LogP) is 1.74. The smallest absolute Gasteiger partial charge is 0.182 e. The number of aromatic nitrogens is 4. The van der Waals surface area contributed by atoms with E-state index in [-0.39, 0.29) is 5.60 Å². The van der Waals surface area contributed by atoms with Gasteiger partial charge in [-0.15, -0.1) is 5.10 Å². The van der Waals surface area contributed by atoms with Gasteiger partial charge in [0.25, 0.3) is 0 Å². The van der Waals surface area contributed by atoms with E-state index in [1.54, 1.807) is 4.68 Å². The normalized spacial score (nSPS) is 11.7. The molecule has 0 fully saturated rings. The number of rotatable bonds is 5. The zero-order chi connectivity index (χ0) is 13.9. The molecule has 0 aliphatic rings. The number of benzene rings is 1. The number of tetrazole rings is 1. The maximum Gasteiger partial charge on any atom is 0.182 e. The first-order valence-electron chi connectivity index (χ1n) is 6.28. The number of nitrogens with two attached hydrogens (primary N) is 1. The molecule has 2 aromatic rings. The Balaban J connectivity index is 2.28. The molecule has 0 unspecified atom stereocenters. The third-order valence-corrected chi connectivity index (χ3v) is 2.74. The summed E-state index contributed by atoms with van der Waals surface area (Å²) in [6.07, 6.45) is 0. The highest BCUT2D eigenvalue weighted by molar-refractivity contribution is 5.60. The molecule has 0 radical (unpaired) electrons. The summed E-state index contributed by atoms with van der Waals surface area (Å²) < 4.78 is 7.42. The Hall–Kier alpha value is -1.95. The van der Waals surface area contributed by atoms with Gasteiger partial charge in [-0.2, -0.15) is 0 Å². The zero-order valence-corrected chi connectivity index (χ0v) is 11.5. The topological polar surface area (TPSA) is 78.8 Å². The molecule has 2 rings (SSSR count). The third-order valence-electron chi connectivity index (χ3n) is 2.74. The van der Waals surface area contributed by atoms with Crippen molar-refractivity contribution in [3.63, 3.8) is 0 Å². The molecule has 1 aromatic carbocycles. The fourth-order valence-electron chi connectivity index (χ4n) is 1.99. The van der Waals surface area contributed by atoms with Crippen LogP contribution >= 0.6 is 0 Å². The highest BCUT2D eigenvalue weighted by Crippen LogP contribution is 2.20. The molecule has 19 heavy (non-hydrogen) atoms. The molecule has 6 heteroatoms. The van der Waals surface area contributed by atoms with Crippen molar-refractivity contribution in [1.82, 2.24) is 20.2 Å². The van der Waals surface area contributed by atoms with E-state index in [1.165, 1.54) is 0 Å². The minimum absolute atomic E-state index is 0.320. The molecule has 0 bridgehead atoms. The fourth-order valence-corrected chi connectivity index (χ4v) is 1.99. The van der Waals surface area contributed by atoms with E-state index in [0.29, 0.717) is 24.7 Å². The van der Waals surface area contributed by atoms with Gasteiger partial charge < -0.3 is 10.5 Å². The summed E-state index contributed by atoms with van der Waals surface area (Å²) in [6, 6.07) is 7.52. The molecule has 0 spiro atoms. The summed E-state index contributed by atoms with van der Waals surface area (Å²) in [7, 11) is 0. The van der Waals surface area contributed by atoms with Gasteiger partial charge in [0.2, 0.25) is 0 Å².